The molecule has 4 amide bonds. The van der Waals surface area contributed by atoms with E-state index >= 15 is 0 Å². The Morgan fingerprint density at radius 2 is 1.61 bits per heavy atom. The van der Waals surface area contributed by atoms with Crippen molar-refractivity contribution in [1.29, 1.82) is 0 Å². The van der Waals surface area contributed by atoms with E-state index in [0.29, 0.717) is 21.9 Å². The van der Waals surface area contributed by atoms with Gasteiger partial charge < -0.3 is 5.11 Å². The number of allylic oxidation sites excluding steroid dienone is 2. The Kier molecular flexibility index (Phi) is 6.48. The number of amides is 4. The summed E-state index contributed by atoms with van der Waals surface area (Å²) in [7, 11) is 0. The number of hydrogen-bond acceptors (Lipinski definition) is 7. The number of non-ortho nitro benzene ring substituents is 1. The fourth-order valence-corrected chi connectivity index (χ4v) is 9.05. The van der Waals surface area contributed by atoms with Crippen LogP contribution in [0.3, 0.4) is 0 Å². The third-order valence-corrected chi connectivity index (χ3v) is 11.5. The second-order valence-corrected chi connectivity index (χ2v) is 13.2. The number of anilines is 1. The predicted octanol–water partition coefficient (Wildman–Crippen LogP) is 5.37. The lowest BCUT2D eigenvalue weighted by Crippen LogP contribution is -2.60. The number of carbonyl (C=O) groups is 4. The molecule has 6 atom stereocenters. The van der Waals surface area contributed by atoms with Crippen molar-refractivity contribution in [2.75, 3.05) is 10.4 Å². The van der Waals surface area contributed by atoms with Gasteiger partial charge in [-0.15, -0.1) is 23.2 Å². The summed E-state index contributed by atoms with van der Waals surface area (Å²) in [5, 5.41) is 22.9. The number of nitro benzene ring substituents is 1. The third kappa shape index (κ3) is 3.60. The van der Waals surface area contributed by atoms with Crippen molar-refractivity contribution in [2.24, 2.45) is 17.8 Å². The van der Waals surface area contributed by atoms with Gasteiger partial charge in [0.1, 0.15) is 5.75 Å². The van der Waals surface area contributed by atoms with E-state index in [1.165, 1.54) is 30.3 Å². The normalized spacial score (nSPS) is 31.2. The van der Waals surface area contributed by atoms with Gasteiger partial charge in [0.25, 0.3) is 17.5 Å². The number of rotatable bonds is 4. The number of alkyl halides is 3. The van der Waals surface area contributed by atoms with Crippen molar-refractivity contribution in [3.05, 3.63) is 88.0 Å². The molecule has 0 bridgehead atoms. The van der Waals surface area contributed by atoms with Crippen LogP contribution in [0.4, 0.5) is 11.4 Å². The molecule has 0 aromatic heterocycles. The first kappa shape index (κ1) is 28.9. The Balaban J connectivity index is 1.41. The van der Waals surface area contributed by atoms with E-state index in [2.05, 4.69) is 15.9 Å². The molecule has 3 aromatic carbocycles. The average Bonchev–Trinajstić information content (AvgIpc) is 3.35. The van der Waals surface area contributed by atoms with Crippen LogP contribution in [0.1, 0.15) is 24.3 Å². The van der Waals surface area contributed by atoms with Gasteiger partial charge in [-0.25, -0.2) is 0 Å². The van der Waals surface area contributed by atoms with Gasteiger partial charge in [-0.2, -0.15) is 0 Å². The maximum atomic E-state index is 14.1. The average molecular weight is 699 g/mol. The molecule has 2 saturated heterocycles. The van der Waals surface area contributed by atoms with Crippen molar-refractivity contribution >= 4 is 84.9 Å². The maximum absolute atomic E-state index is 14.1. The Labute approximate surface area is 268 Å². The van der Waals surface area contributed by atoms with Gasteiger partial charge in [-0.1, -0.05) is 57.9 Å². The lowest BCUT2D eigenvalue weighted by Gasteiger charge is -2.51. The first-order valence-corrected chi connectivity index (χ1v) is 15.7. The van der Waals surface area contributed by atoms with Crippen LogP contribution < -0.4 is 4.90 Å². The number of nitrogens with zero attached hydrogens (tertiary/aromatic N) is 3. The van der Waals surface area contributed by atoms with Crippen LogP contribution >= 0.6 is 39.1 Å². The van der Waals surface area contributed by atoms with Crippen LogP contribution in [0.2, 0.25) is 0 Å². The van der Waals surface area contributed by atoms with E-state index in [4.69, 9.17) is 23.2 Å². The van der Waals surface area contributed by atoms with Crippen molar-refractivity contribution in [1.82, 2.24) is 4.90 Å². The van der Waals surface area contributed by atoms with E-state index in [1.54, 1.807) is 30.3 Å². The van der Waals surface area contributed by atoms with E-state index in [9.17, 15) is 34.4 Å². The molecule has 44 heavy (non-hydrogen) atoms. The molecule has 3 fully saturated rings. The van der Waals surface area contributed by atoms with Gasteiger partial charge in [-0.3, -0.25) is 39.1 Å². The van der Waals surface area contributed by atoms with Crippen molar-refractivity contribution < 1.29 is 29.2 Å². The van der Waals surface area contributed by atoms with Crippen LogP contribution in [0.5, 0.6) is 5.75 Å². The molecule has 1 saturated carbocycles. The van der Waals surface area contributed by atoms with Crippen molar-refractivity contribution in [3.63, 3.8) is 0 Å². The zero-order valence-electron chi connectivity index (χ0n) is 22.7. The standard InChI is InChI=1S/C31H22BrCl2N3O7/c32-14-35-28(41)30(33)13-22-20(25(31(30,34)29(35)42)19-11-12-23(38)18-4-2-1-3-17(18)19)9-10-21-24(22)27(40)36(26(21)39)15-5-7-16(8-6-15)37(43)44/h1-9,11-12,21-22,24-25,38H,10,13-14H2/t21-,22+,24-,25-,30+,31-/m0/s1. The van der Waals surface area contributed by atoms with Crippen LogP contribution in [0, 0.1) is 27.9 Å². The zero-order chi connectivity index (χ0) is 31.3. The summed E-state index contributed by atoms with van der Waals surface area (Å²) >= 11 is 17.8. The zero-order valence-corrected chi connectivity index (χ0v) is 25.8. The Bertz CT molecular complexity index is 1870. The number of fused-ring (bicyclic) bond motifs is 5. The minimum atomic E-state index is -1.97. The first-order chi connectivity index (χ1) is 21.0. The molecule has 10 nitrogen and oxygen atoms in total. The van der Waals surface area contributed by atoms with Gasteiger partial charge in [-0.05, 0) is 47.9 Å². The Morgan fingerprint density at radius 1 is 0.932 bits per heavy atom. The highest BCUT2D eigenvalue weighted by atomic mass is 79.9. The Hall–Kier alpha value is -3.80. The number of nitro groups is 1. The summed E-state index contributed by atoms with van der Waals surface area (Å²) in [6.45, 7) is 0. The van der Waals surface area contributed by atoms with E-state index < -0.39 is 62.0 Å². The molecule has 3 aromatic rings. The molecule has 0 spiro atoms. The number of benzene rings is 3. The van der Waals surface area contributed by atoms with Crippen LogP contribution in [0.15, 0.2) is 72.3 Å². The van der Waals surface area contributed by atoms with Gasteiger partial charge in [0.05, 0.1) is 27.9 Å². The summed E-state index contributed by atoms with van der Waals surface area (Å²) in [5.74, 6) is -5.75. The first-order valence-electron chi connectivity index (χ1n) is 13.8. The second kappa shape index (κ2) is 9.85. The van der Waals surface area contributed by atoms with Crippen LogP contribution in [0.25, 0.3) is 10.8 Å². The minimum absolute atomic E-state index is 0.0152. The number of carbonyl (C=O) groups excluding carboxylic acids is 4. The lowest BCUT2D eigenvalue weighted by atomic mass is 9.56. The molecule has 2 heterocycles. The fraction of sp³-hybridized carbons (Fsp3) is 0.290. The number of phenols is 1. The van der Waals surface area contributed by atoms with Gasteiger partial charge >= 0.3 is 0 Å². The number of imide groups is 2. The lowest BCUT2D eigenvalue weighted by molar-refractivity contribution is -0.384. The minimum Gasteiger partial charge on any atom is -0.507 e. The van der Waals surface area contributed by atoms with E-state index in [1.807, 2.05) is 6.08 Å². The molecular formula is C31H22BrCl2N3O7. The van der Waals surface area contributed by atoms with Gasteiger partial charge in [0, 0.05) is 23.4 Å². The topological polar surface area (TPSA) is 138 Å². The quantitative estimate of drug-likeness (QED) is 0.0966. The fourth-order valence-electron chi connectivity index (χ4n) is 7.63. The molecule has 7 rings (SSSR count). The summed E-state index contributed by atoms with van der Waals surface area (Å²) < 4.78 is 0. The molecule has 4 aliphatic rings. The largest absolute Gasteiger partial charge is 0.507 e. The highest BCUT2D eigenvalue weighted by Gasteiger charge is 2.76. The summed E-state index contributed by atoms with van der Waals surface area (Å²) in [6, 6.07) is 15.3. The maximum Gasteiger partial charge on any atom is 0.269 e. The molecule has 0 unspecified atom stereocenters. The second-order valence-electron chi connectivity index (χ2n) is 11.5. The van der Waals surface area contributed by atoms with E-state index in [-0.39, 0.29) is 35.4 Å². The molecule has 224 valence electrons. The Morgan fingerprint density at radius 3 is 2.27 bits per heavy atom. The summed E-state index contributed by atoms with van der Waals surface area (Å²) in [6.07, 6.45) is 1.83. The molecule has 1 N–H and O–H groups in total. The van der Waals surface area contributed by atoms with Crippen LogP contribution in [-0.2, 0) is 19.2 Å². The number of aromatic hydroxyl groups is 1. The smallest absolute Gasteiger partial charge is 0.269 e. The highest BCUT2D eigenvalue weighted by molar-refractivity contribution is 9.09. The SMILES string of the molecule is O=C1[C@H]2[C@H](CC=C3[C@H]2C[C@@]2(Cl)C(=O)N(CBr)C(=O)[C@@]2(Cl)[C@H]3c2ccc(O)c3ccccc23)C(=O)N1c1ccc([N+](=O)[O-])cc1. The number of halogens is 3. The molecule has 13 heteroatoms. The summed E-state index contributed by atoms with van der Waals surface area (Å²) in [5.41, 5.74) is 1.04. The summed E-state index contributed by atoms with van der Waals surface area (Å²) in [4.78, 5) is 64.4. The number of hydrogen-bond donors (Lipinski definition) is 1. The van der Waals surface area contributed by atoms with Crippen molar-refractivity contribution in [2.45, 2.75) is 28.5 Å². The third-order valence-electron chi connectivity index (χ3n) is 9.58. The molecule has 0 radical (unpaired) electrons. The number of phenolic OH excluding ortho intramolecular Hbond substituents is 1. The monoisotopic (exact) mass is 697 g/mol. The van der Waals surface area contributed by atoms with Crippen molar-refractivity contribution in [3.8, 4) is 5.75 Å². The number of likely N-dealkylation sites (tertiary alicyclic amines) is 1. The van der Waals surface area contributed by atoms with Crippen LogP contribution in [-0.4, -0.2) is 53.8 Å². The molecular weight excluding hydrogens is 677 g/mol. The molecule has 2 aliphatic heterocycles. The highest BCUT2D eigenvalue weighted by Crippen LogP contribution is 2.66. The predicted molar refractivity (Wildman–Crippen MR) is 165 cm³/mol. The van der Waals surface area contributed by atoms with Gasteiger partial charge in [0.2, 0.25) is 11.8 Å². The molecule has 2 aliphatic carbocycles. The van der Waals surface area contributed by atoms with Gasteiger partial charge in [0.15, 0.2) is 9.75 Å². The van der Waals surface area contributed by atoms with E-state index in [0.717, 1.165) is 9.80 Å².